The third-order valence-corrected chi connectivity index (χ3v) is 3.51. The smallest absolute Gasteiger partial charge is 0 e. The summed E-state index contributed by atoms with van der Waals surface area (Å²) >= 11 is 0.687. The van der Waals surface area contributed by atoms with Gasteiger partial charge in [-0.25, -0.2) is 0 Å². The van der Waals surface area contributed by atoms with Gasteiger partial charge < -0.3 is 0 Å². The van der Waals surface area contributed by atoms with E-state index < -0.39 is 11.8 Å². The molecule has 6 nitrogen and oxygen atoms in total. The maximum absolute atomic E-state index is 12.0. The Kier molecular flexibility index (Phi) is 7.54. The third-order valence-electron chi connectivity index (χ3n) is 2.80. The summed E-state index contributed by atoms with van der Waals surface area (Å²) < 4.78 is 4.04. The van der Waals surface area contributed by atoms with Gasteiger partial charge in [-0.3, -0.25) is 0 Å². The molecule has 20 heavy (non-hydrogen) atoms. The molecule has 102 valence electrons. The van der Waals surface area contributed by atoms with Crippen LogP contribution in [0.1, 0.15) is 20.7 Å². The number of fused-ring (bicyclic) bond motifs is 1. The molecule has 0 aromatic heterocycles. The van der Waals surface area contributed by atoms with E-state index in [-0.39, 0.29) is 46.4 Å². The zero-order valence-corrected chi connectivity index (χ0v) is 18.3. The Morgan fingerprint density at radius 2 is 1.80 bits per heavy atom. The average molecular weight is 663 g/mol. The normalized spacial score (nSPS) is 14.8. The van der Waals surface area contributed by atoms with Gasteiger partial charge in [0.2, 0.25) is 0 Å². The fourth-order valence-corrected chi connectivity index (χ4v) is 2.76. The molecular weight excluding hydrogens is 651 g/mol. The van der Waals surface area contributed by atoms with Gasteiger partial charge in [-0.2, -0.15) is 0 Å². The van der Waals surface area contributed by atoms with Gasteiger partial charge in [0.25, 0.3) is 0 Å². The van der Waals surface area contributed by atoms with Gasteiger partial charge in [0.1, 0.15) is 0 Å². The summed E-state index contributed by atoms with van der Waals surface area (Å²) in [7, 11) is 0. The standard InChI is InChI=1S/C12H12N2O4.2Pb/c13-5-8(6-15)7-18-14-11(16)9-3-1-2-4-10(9)12(14)17;;/h1-4,8,15H,5-7H2;;. The first-order valence-corrected chi connectivity index (χ1v) is 7.47. The van der Waals surface area contributed by atoms with Crippen LogP contribution in [0.25, 0.3) is 0 Å². The van der Waals surface area contributed by atoms with Crippen LogP contribution < -0.4 is 0 Å². The quantitative estimate of drug-likeness (QED) is 0.338. The first-order valence-electron chi connectivity index (χ1n) is 5.73. The van der Waals surface area contributed by atoms with E-state index in [2.05, 4.69) is 2.74 Å². The number of rotatable bonds is 6. The number of nitrogens with zero attached hydrogens (tertiary/aromatic N) is 2. The number of amides is 2. The molecule has 1 unspecified atom stereocenters. The molecule has 1 aliphatic heterocycles. The van der Waals surface area contributed by atoms with E-state index in [0.717, 1.165) is 5.06 Å². The number of hydrogen-bond acceptors (Lipinski definition) is 5. The third kappa shape index (κ3) is 3.77. The van der Waals surface area contributed by atoms with Gasteiger partial charge in [0.15, 0.2) is 0 Å². The topological polar surface area (TPSA) is 79.2 Å². The number of hydrogen-bond donors (Lipinski definition) is 1. The van der Waals surface area contributed by atoms with E-state index in [1.54, 1.807) is 24.3 Å². The molecule has 1 atom stereocenters. The molecule has 1 N–H and O–H groups in total. The van der Waals surface area contributed by atoms with Crippen LogP contribution in [0.2, 0.25) is 0 Å². The van der Waals surface area contributed by atoms with Crippen molar-refractivity contribution in [2.75, 3.05) is 19.8 Å². The second-order valence-corrected chi connectivity index (χ2v) is 5.36. The predicted molar refractivity (Wildman–Crippen MR) is 72.3 cm³/mol. The fourth-order valence-electron chi connectivity index (χ4n) is 1.76. The van der Waals surface area contributed by atoms with Crippen LogP contribution in [0.3, 0.4) is 0 Å². The molecule has 1 aromatic carbocycles. The summed E-state index contributed by atoms with van der Waals surface area (Å²) in [6.07, 6.45) is 0. The van der Waals surface area contributed by atoms with Gasteiger partial charge in [-0.15, -0.1) is 0 Å². The Morgan fingerprint density at radius 3 is 2.25 bits per heavy atom. The number of carbonyl (C=O) groups is 2. The molecule has 6 radical (unpaired) electrons. The molecule has 0 spiro atoms. The predicted octanol–water partition coefficient (Wildman–Crippen LogP) is -0.206. The SMILES string of the molecule is O=C1c2ccccc2C(=O)N1OCC(CO)C[N]=[Pb].[Pb]. The van der Waals surface area contributed by atoms with Crippen LogP contribution in [0.4, 0.5) is 0 Å². The van der Waals surface area contributed by atoms with Crippen molar-refractivity contribution in [1.29, 1.82) is 0 Å². The van der Waals surface area contributed by atoms with Gasteiger partial charge in [0, 0.05) is 27.3 Å². The van der Waals surface area contributed by atoms with Crippen LogP contribution in [0, 0.1) is 5.92 Å². The maximum atomic E-state index is 12.0. The summed E-state index contributed by atoms with van der Waals surface area (Å²) in [6, 6.07) is 6.58. The van der Waals surface area contributed by atoms with E-state index in [0.29, 0.717) is 43.3 Å². The molecule has 1 heterocycles. The zero-order chi connectivity index (χ0) is 13.8. The molecule has 1 aliphatic rings. The van der Waals surface area contributed by atoms with Crippen LogP contribution >= 0.6 is 0 Å². The number of benzene rings is 1. The van der Waals surface area contributed by atoms with Crippen molar-refractivity contribution >= 4 is 64.7 Å². The summed E-state index contributed by atoms with van der Waals surface area (Å²) in [5.74, 6) is -1.11. The summed E-state index contributed by atoms with van der Waals surface area (Å²) in [4.78, 5) is 29.2. The Morgan fingerprint density at radius 1 is 1.25 bits per heavy atom. The monoisotopic (exact) mass is 664 g/mol. The molecule has 0 aliphatic carbocycles. The largest absolute Gasteiger partial charge is 0 e. The van der Waals surface area contributed by atoms with Gasteiger partial charge in [-0.05, 0) is 0 Å². The van der Waals surface area contributed by atoms with Crippen molar-refractivity contribution < 1.29 is 19.5 Å². The summed E-state index contributed by atoms with van der Waals surface area (Å²) in [5, 5.41) is 9.89. The second kappa shape index (κ2) is 8.39. The Hall–Kier alpha value is -0.0758. The van der Waals surface area contributed by atoms with Crippen LogP contribution in [0.5, 0.6) is 0 Å². The van der Waals surface area contributed by atoms with Gasteiger partial charge >= 0.3 is 126 Å². The van der Waals surface area contributed by atoms with Crippen molar-refractivity contribution in [1.82, 2.24) is 5.06 Å². The van der Waals surface area contributed by atoms with Gasteiger partial charge in [-0.1, -0.05) is 0 Å². The van der Waals surface area contributed by atoms with Crippen LogP contribution in [-0.2, 0) is 4.84 Å². The number of aliphatic hydroxyl groups excluding tert-OH is 1. The number of carbonyl (C=O) groups excluding carboxylic acids is 2. The van der Waals surface area contributed by atoms with Crippen molar-refractivity contribution in [2.24, 2.45) is 8.65 Å². The Balaban J connectivity index is 0.00000200. The Bertz CT molecular complexity index is 489. The number of hydroxylamine groups is 2. The van der Waals surface area contributed by atoms with E-state index in [1.807, 2.05) is 0 Å². The van der Waals surface area contributed by atoms with E-state index >= 15 is 0 Å². The second-order valence-electron chi connectivity index (χ2n) is 4.14. The minimum absolute atomic E-state index is 0. The molecular formula is C12H12N2O4Pb2. The van der Waals surface area contributed by atoms with Crippen molar-refractivity contribution in [3.05, 3.63) is 35.4 Å². The molecule has 0 bridgehead atoms. The van der Waals surface area contributed by atoms with Gasteiger partial charge in [0.05, 0.1) is 0 Å². The molecule has 2 rings (SSSR count). The number of imide groups is 1. The first kappa shape index (κ1) is 18.0. The number of aliphatic hydroxyl groups is 1. The summed E-state index contributed by atoms with van der Waals surface area (Å²) in [6.45, 7) is 0.481. The minimum Gasteiger partial charge on any atom is 0 e. The van der Waals surface area contributed by atoms with E-state index in [9.17, 15) is 9.59 Å². The fraction of sp³-hybridized carbons (Fsp3) is 0.333. The Labute approximate surface area is 152 Å². The first-order chi connectivity index (χ1) is 9.19. The van der Waals surface area contributed by atoms with Crippen molar-refractivity contribution in [2.45, 2.75) is 0 Å². The van der Waals surface area contributed by atoms with E-state index in [1.165, 1.54) is 0 Å². The molecule has 8 heteroatoms. The maximum Gasteiger partial charge on any atom is 0 e. The molecule has 0 saturated carbocycles. The average Bonchev–Trinajstić information content (AvgIpc) is 2.68. The van der Waals surface area contributed by atoms with Crippen LogP contribution in [0.15, 0.2) is 27.0 Å². The molecule has 1 aromatic rings. The molecule has 2 amide bonds. The zero-order valence-electron chi connectivity index (χ0n) is 10.6. The molecule has 0 fully saturated rings. The van der Waals surface area contributed by atoms with E-state index in [4.69, 9.17) is 9.94 Å². The van der Waals surface area contributed by atoms with Crippen molar-refractivity contribution in [3.8, 4) is 0 Å². The molecule has 0 saturated heterocycles. The van der Waals surface area contributed by atoms with Crippen LogP contribution in [-0.4, -0.2) is 94.6 Å². The van der Waals surface area contributed by atoms with Crippen molar-refractivity contribution in [3.63, 3.8) is 0 Å². The minimum atomic E-state index is -0.458. The summed E-state index contributed by atoms with van der Waals surface area (Å²) in [5.41, 5.74) is 0.696.